The van der Waals surface area contributed by atoms with Crippen LogP contribution in [-0.2, 0) is 18.7 Å². The van der Waals surface area contributed by atoms with E-state index in [0.717, 1.165) is 31.3 Å². The Hall–Kier alpha value is -0.693. The molecule has 34 heavy (non-hydrogen) atoms. The third kappa shape index (κ3) is 2.13. The molecule has 0 amide bonds. The largest absolute Gasteiger partial charge is 0.458 e. The maximum absolute atomic E-state index is 13.2. The van der Waals surface area contributed by atoms with Crippen LogP contribution >= 0.6 is 0 Å². The molecule has 7 aliphatic rings. The highest BCUT2D eigenvalue weighted by Crippen LogP contribution is 2.90. The van der Waals surface area contributed by atoms with Gasteiger partial charge in [0.1, 0.15) is 23.9 Å². The van der Waals surface area contributed by atoms with E-state index in [0.29, 0.717) is 30.3 Å². The van der Waals surface area contributed by atoms with Crippen molar-refractivity contribution in [2.45, 2.75) is 109 Å². The molecule has 0 bridgehead atoms. The van der Waals surface area contributed by atoms with E-state index < -0.39 is 13.9 Å². The van der Waals surface area contributed by atoms with Crippen LogP contribution in [0.3, 0.4) is 0 Å². The molecule has 0 radical (unpaired) electrons. The number of carbonyl (C=O) groups excluding carboxylic acids is 1. The summed E-state index contributed by atoms with van der Waals surface area (Å²) < 4.78 is 19.6. The fourth-order valence-corrected chi connectivity index (χ4v) is 11.1. The topological polar surface area (TPSA) is 68.3 Å². The lowest BCUT2D eigenvalue weighted by Gasteiger charge is -2.63. The van der Waals surface area contributed by atoms with Crippen molar-refractivity contribution in [1.82, 2.24) is 0 Å². The van der Waals surface area contributed by atoms with Crippen molar-refractivity contribution in [3.05, 3.63) is 11.1 Å². The van der Waals surface area contributed by atoms with Crippen LogP contribution in [0.4, 0.5) is 0 Å². The third-order valence-electron chi connectivity index (χ3n) is 12.5. The first-order chi connectivity index (χ1) is 15.7. The molecule has 4 saturated carbocycles. The summed E-state index contributed by atoms with van der Waals surface area (Å²) in [5.41, 5.74) is 0.780. The highest BCUT2D eigenvalue weighted by molar-refractivity contribution is 6.74. The summed E-state index contributed by atoms with van der Waals surface area (Å²) in [6, 6.07) is 0. The number of epoxide rings is 1. The quantitative estimate of drug-likeness (QED) is 0.351. The van der Waals surface area contributed by atoms with Crippen LogP contribution in [0.1, 0.15) is 67.2 Å². The maximum Gasteiger partial charge on any atom is 0.334 e. The van der Waals surface area contributed by atoms with Gasteiger partial charge in [-0.2, -0.15) is 0 Å². The zero-order valence-corrected chi connectivity index (χ0v) is 23.2. The summed E-state index contributed by atoms with van der Waals surface area (Å²) in [7, 11) is -2.16. The van der Waals surface area contributed by atoms with Crippen LogP contribution in [0.25, 0.3) is 0 Å². The summed E-state index contributed by atoms with van der Waals surface area (Å²) in [4.78, 5) is 12.5. The van der Waals surface area contributed by atoms with Gasteiger partial charge in [-0.25, -0.2) is 4.79 Å². The molecule has 0 aromatic carbocycles. The molecule has 1 spiro atoms. The van der Waals surface area contributed by atoms with Crippen LogP contribution in [-0.4, -0.2) is 49.4 Å². The van der Waals surface area contributed by atoms with Gasteiger partial charge < -0.3 is 19.0 Å². The van der Waals surface area contributed by atoms with Crippen molar-refractivity contribution in [3.8, 4) is 0 Å². The molecule has 10 atom stereocenters. The second-order valence-corrected chi connectivity index (χ2v) is 19.6. The number of carbonyl (C=O) groups is 1. The van der Waals surface area contributed by atoms with Gasteiger partial charge in [0.15, 0.2) is 8.32 Å². The Kier molecular flexibility index (Phi) is 3.90. The molecule has 6 heteroatoms. The number of hydrogen-bond donors (Lipinski definition) is 1. The lowest BCUT2D eigenvalue weighted by atomic mass is 9.44. The standard InChI is InChI=1S/C28H42O5Si/c1-14(2)27-21(32-27)19-12-26(19)25(6)10-9-15-17(13-31-22(15)29)20(25)16-11-18(16)28(26,30)23(27)33-34(7,8)24(3,4)5/h14,16,18-21,23,30H,9-13H2,1-8H3/t16?,18-,19-,20-,21-,23?,25-,26-,27-,28+/m0/s1. The number of fused-ring (bicyclic) bond motifs is 7. The highest BCUT2D eigenvalue weighted by Gasteiger charge is 2.95. The molecule has 5 nitrogen and oxygen atoms in total. The van der Waals surface area contributed by atoms with Gasteiger partial charge in [-0.15, -0.1) is 0 Å². The first-order valence-corrected chi connectivity index (χ1v) is 16.6. The second-order valence-electron chi connectivity index (χ2n) is 14.9. The first-order valence-electron chi connectivity index (χ1n) is 13.7. The molecule has 188 valence electrons. The van der Waals surface area contributed by atoms with E-state index >= 15 is 0 Å². The van der Waals surface area contributed by atoms with Crippen LogP contribution in [0.5, 0.6) is 0 Å². The van der Waals surface area contributed by atoms with Crippen molar-refractivity contribution in [2.75, 3.05) is 6.61 Å². The third-order valence-corrected chi connectivity index (χ3v) is 17.0. The number of hydrogen-bond acceptors (Lipinski definition) is 5. The van der Waals surface area contributed by atoms with E-state index in [1.54, 1.807) is 0 Å². The van der Waals surface area contributed by atoms with Crippen molar-refractivity contribution in [2.24, 2.45) is 40.4 Å². The predicted octanol–water partition coefficient (Wildman–Crippen LogP) is 4.84. The Morgan fingerprint density at radius 3 is 2.56 bits per heavy atom. The van der Waals surface area contributed by atoms with Gasteiger partial charge >= 0.3 is 5.97 Å². The van der Waals surface area contributed by atoms with Crippen LogP contribution in [0, 0.1) is 40.4 Å². The fourth-order valence-electron chi connectivity index (χ4n) is 9.78. The Morgan fingerprint density at radius 2 is 1.91 bits per heavy atom. The molecule has 0 aromatic rings. The summed E-state index contributed by atoms with van der Waals surface area (Å²) in [5.74, 6) is 1.62. The minimum absolute atomic E-state index is 0.0406. The zero-order chi connectivity index (χ0) is 24.4. The Balaban J connectivity index is 1.39. The molecule has 2 unspecified atom stereocenters. The molecule has 5 aliphatic carbocycles. The number of esters is 1. The van der Waals surface area contributed by atoms with Gasteiger partial charge in [-0.3, -0.25) is 0 Å². The van der Waals surface area contributed by atoms with Gasteiger partial charge in [0, 0.05) is 11.0 Å². The minimum Gasteiger partial charge on any atom is -0.458 e. The summed E-state index contributed by atoms with van der Waals surface area (Å²) in [6.07, 6.45) is 3.74. The number of ether oxygens (including phenoxy) is 2. The van der Waals surface area contributed by atoms with E-state index in [9.17, 15) is 9.90 Å². The van der Waals surface area contributed by atoms with Gasteiger partial charge in [0.05, 0.1) is 6.10 Å². The Bertz CT molecular complexity index is 1040. The molecule has 5 fully saturated rings. The molecule has 7 rings (SSSR count). The number of rotatable bonds is 3. The average molecular weight is 487 g/mol. The van der Waals surface area contributed by atoms with E-state index in [-0.39, 0.29) is 45.6 Å². The lowest BCUT2D eigenvalue weighted by molar-refractivity contribution is -0.234. The van der Waals surface area contributed by atoms with Crippen molar-refractivity contribution in [3.63, 3.8) is 0 Å². The molecular formula is C28H42O5Si. The summed E-state index contributed by atoms with van der Waals surface area (Å²) in [6.45, 7) is 19.0. The van der Waals surface area contributed by atoms with Crippen LogP contribution < -0.4 is 0 Å². The molecular weight excluding hydrogens is 444 g/mol. The van der Waals surface area contributed by atoms with E-state index in [4.69, 9.17) is 13.9 Å². The molecule has 1 N–H and O–H groups in total. The second kappa shape index (κ2) is 5.89. The zero-order valence-electron chi connectivity index (χ0n) is 22.2. The van der Waals surface area contributed by atoms with Crippen molar-refractivity contribution >= 4 is 14.3 Å². The van der Waals surface area contributed by atoms with Gasteiger partial charge in [0.2, 0.25) is 0 Å². The summed E-state index contributed by atoms with van der Waals surface area (Å²) >= 11 is 0. The number of cyclic esters (lactones) is 1. The smallest absolute Gasteiger partial charge is 0.334 e. The van der Waals surface area contributed by atoms with Crippen LogP contribution in [0.15, 0.2) is 11.1 Å². The van der Waals surface area contributed by atoms with Gasteiger partial charge in [0.25, 0.3) is 0 Å². The van der Waals surface area contributed by atoms with Gasteiger partial charge in [-0.1, -0.05) is 41.5 Å². The number of aliphatic hydroxyl groups is 1. The van der Waals surface area contributed by atoms with Crippen LogP contribution in [0.2, 0.25) is 18.1 Å². The molecule has 1 saturated heterocycles. The lowest BCUT2D eigenvalue weighted by Crippen LogP contribution is -2.73. The Morgan fingerprint density at radius 1 is 1.21 bits per heavy atom. The summed E-state index contributed by atoms with van der Waals surface area (Å²) in [5, 5.41) is 13.3. The van der Waals surface area contributed by atoms with Gasteiger partial charge in [-0.05, 0) is 84.4 Å². The van der Waals surface area contributed by atoms with E-state index in [2.05, 4.69) is 54.6 Å². The Labute approximate surface area is 205 Å². The van der Waals surface area contributed by atoms with Crippen molar-refractivity contribution < 1.29 is 23.8 Å². The minimum atomic E-state index is -2.16. The SMILES string of the molecule is CC(C)[C@]12O[C@H]1[C@@H]1C[C@@]13[C@@]1(C)CCC4=C(COC4=O)[C@@H]1C1C[C@@H]1[C@@]3(O)C2O[Si](C)(C)C(C)(C)C. The molecule has 2 aliphatic heterocycles. The van der Waals surface area contributed by atoms with Crippen molar-refractivity contribution in [1.29, 1.82) is 0 Å². The highest BCUT2D eigenvalue weighted by atomic mass is 28.4. The van der Waals surface area contributed by atoms with E-state index in [1.807, 2.05) is 0 Å². The maximum atomic E-state index is 13.2. The van der Waals surface area contributed by atoms with E-state index in [1.165, 1.54) is 5.57 Å². The monoisotopic (exact) mass is 486 g/mol. The normalized spacial score (nSPS) is 54.4. The molecule has 0 aromatic heterocycles. The fraction of sp³-hybridized carbons (Fsp3) is 0.893. The molecule has 2 heterocycles. The predicted molar refractivity (Wildman–Crippen MR) is 130 cm³/mol. The average Bonchev–Trinajstić information content (AvgIpc) is 3.61. The first kappa shape index (κ1) is 22.5.